The van der Waals surface area contributed by atoms with Gasteiger partial charge in [-0.3, -0.25) is 10.2 Å². The largest absolute Gasteiger partial charge is 0.456 e. The monoisotopic (exact) mass is 429 g/mol. The van der Waals surface area contributed by atoms with E-state index >= 15 is 0 Å². The summed E-state index contributed by atoms with van der Waals surface area (Å²) in [4.78, 5) is 19.7. The number of rotatable bonds is 9. The average Bonchev–Trinajstić information content (AvgIpc) is 2.73. The molecule has 1 aromatic heterocycles. The van der Waals surface area contributed by atoms with E-state index in [-0.39, 0.29) is 22.8 Å². The third-order valence-electron chi connectivity index (χ3n) is 4.07. The topological polar surface area (TPSA) is 123 Å². The van der Waals surface area contributed by atoms with E-state index in [0.29, 0.717) is 0 Å². The SMILES string of the molecule is CC(c1cc(NC(=O)c2cnc(OCF)cn2)ccc1F)[C@@H](F)[C@H](CF)OC(=N)N. The molecule has 0 bridgehead atoms. The minimum atomic E-state index is -2.02. The van der Waals surface area contributed by atoms with Gasteiger partial charge in [0.1, 0.15) is 24.4 Å². The first-order chi connectivity index (χ1) is 14.3. The van der Waals surface area contributed by atoms with Crippen molar-refractivity contribution in [2.45, 2.75) is 25.1 Å². The van der Waals surface area contributed by atoms with Crippen LogP contribution in [0.25, 0.3) is 0 Å². The molecule has 30 heavy (non-hydrogen) atoms. The molecule has 8 nitrogen and oxygen atoms in total. The minimum Gasteiger partial charge on any atom is -0.456 e. The van der Waals surface area contributed by atoms with Gasteiger partial charge >= 0.3 is 0 Å². The average molecular weight is 429 g/mol. The summed E-state index contributed by atoms with van der Waals surface area (Å²) in [6, 6.07) is 2.57. The number of hydrogen-bond acceptors (Lipinski definition) is 6. The molecular formula is C18H19F4N5O3. The van der Waals surface area contributed by atoms with Crippen LogP contribution in [-0.4, -0.2) is 47.7 Å². The number of amides is 1. The zero-order valence-corrected chi connectivity index (χ0v) is 15.7. The van der Waals surface area contributed by atoms with E-state index in [4.69, 9.17) is 11.1 Å². The third kappa shape index (κ3) is 5.78. The van der Waals surface area contributed by atoms with E-state index in [9.17, 15) is 22.4 Å². The molecule has 162 valence electrons. The van der Waals surface area contributed by atoms with Crippen LogP contribution in [0.4, 0.5) is 23.2 Å². The van der Waals surface area contributed by atoms with Gasteiger partial charge in [0.15, 0.2) is 6.10 Å². The van der Waals surface area contributed by atoms with E-state index in [0.717, 1.165) is 18.5 Å². The van der Waals surface area contributed by atoms with Gasteiger partial charge in [-0.05, 0) is 23.8 Å². The van der Waals surface area contributed by atoms with Gasteiger partial charge in [0, 0.05) is 11.6 Å². The number of hydrogen-bond donors (Lipinski definition) is 3. The molecule has 0 aliphatic rings. The van der Waals surface area contributed by atoms with Crippen LogP contribution in [0.3, 0.4) is 0 Å². The second kappa shape index (κ2) is 10.4. The van der Waals surface area contributed by atoms with Crippen molar-refractivity contribution in [3.8, 4) is 5.88 Å². The molecule has 1 unspecified atom stereocenters. The standard InChI is InChI=1S/C18H19F4N5O3/c1-9(16(22)14(5-19)30-18(23)24)11-4-10(2-3-12(11)21)27-17(28)13-6-26-15(7-25-13)29-8-20/h2-4,6-7,9,14,16H,5,8H2,1H3,(H3,23,24)(H,27,28)/t9?,14-,16+/m0/s1. The molecule has 12 heteroatoms. The Hall–Kier alpha value is -3.44. The van der Waals surface area contributed by atoms with Gasteiger partial charge in [0.05, 0.1) is 12.4 Å². The Morgan fingerprint density at radius 1 is 1.30 bits per heavy atom. The number of carbonyl (C=O) groups is 1. The van der Waals surface area contributed by atoms with Gasteiger partial charge in [-0.15, -0.1) is 0 Å². The van der Waals surface area contributed by atoms with Crippen LogP contribution in [0, 0.1) is 11.2 Å². The Labute approximate surface area is 168 Å². The van der Waals surface area contributed by atoms with Gasteiger partial charge in [0.2, 0.25) is 12.7 Å². The second-order valence-electron chi connectivity index (χ2n) is 6.09. The van der Waals surface area contributed by atoms with Crippen molar-refractivity contribution < 1.29 is 31.8 Å². The van der Waals surface area contributed by atoms with Crippen LogP contribution >= 0.6 is 0 Å². The predicted octanol–water partition coefficient (Wildman–Crippen LogP) is 2.86. The lowest BCUT2D eigenvalue weighted by Crippen LogP contribution is -2.36. The van der Waals surface area contributed by atoms with Crippen LogP contribution in [0.5, 0.6) is 5.88 Å². The van der Waals surface area contributed by atoms with Crippen molar-refractivity contribution in [1.29, 1.82) is 5.41 Å². The van der Waals surface area contributed by atoms with Gasteiger partial charge in [0.25, 0.3) is 11.9 Å². The summed E-state index contributed by atoms with van der Waals surface area (Å²) in [6.07, 6.45) is -1.61. The fourth-order valence-electron chi connectivity index (χ4n) is 2.57. The highest BCUT2D eigenvalue weighted by Crippen LogP contribution is 2.30. The summed E-state index contributed by atoms with van der Waals surface area (Å²) in [5.41, 5.74) is 4.84. The number of aromatic nitrogens is 2. The lowest BCUT2D eigenvalue weighted by atomic mass is 9.92. The summed E-state index contributed by atoms with van der Waals surface area (Å²) in [7, 11) is 0. The first-order valence-corrected chi connectivity index (χ1v) is 8.59. The van der Waals surface area contributed by atoms with E-state index in [1.807, 2.05) is 0 Å². The summed E-state index contributed by atoms with van der Waals surface area (Å²) in [5.74, 6) is -2.79. The van der Waals surface area contributed by atoms with Crippen molar-refractivity contribution in [2.24, 2.45) is 5.73 Å². The molecule has 0 fully saturated rings. The fourth-order valence-corrected chi connectivity index (χ4v) is 2.57. The van der Waals surface area contributed by atoms with Crippen molar-refractivity contribution in [1.82, 2.24) is 9.97 Å². The van der Waals surface area contributed by atoms with E-state index in [2.05, 4.69) is 24.8 Å². The van der Waals surface area contributed by atoms with E-state index in [1.54, 1.807) is 0 Å². The zero-order valence-electron chi connectivity index (χ0n) is 15.7. The maximum atomic E-state index is 14.6. The van der Waals surface area contributed by atoms with Crippen LogP contribution in [0.1, 0.15) is 28.9 Å². The van der Waals surface area contributed by atoms with Gasteiger partial charge in [-0.2, -0.15) is 0 Å². The maximum absolute atomic E-state index is 14.6. The van der Waals surface area contributed by atoms with Crippen molar-refractivity contribution in [2.75, 3.05) is 18.9 Å². The van der Waals surface area contributed by atoms with Crippen LogP contribution in [-0.2, 0) is 4.74 Å². The second-order valence-corrected chi connectivity index (χ2v) is 6.09. The number of carbonyl (C=O) groups excluding carboxylic acids is 1. The maximum Gasteiger partial charge on any atom is 0.279 e. The number of nitrogens with one attached hydrogen (secondary N) is 2. The van der Waals surface area contributed by atoms with Crippen molar-refractivity contribution in [3.63, 3.8) is 0 Å². The smallest absolute Gasteiger partial charge is 0.279 e. The molecule has 0 spiro atoms. The minimum absolute atomic E-state index is 0.115. The third-order valence-corrected chi connectivity index (χ3v) is 4.07. The normalized spacial score (nSPS) is 13.8. The lowest BCUT2D eigenvalue weighted by Gasteiger charge is -2.24. The van der Waals surface area contributed by atoms with E-state index < -0.39 is 49.5 Å². The molecule has 1 amide bonds. The van der Waals surface area contributed by atoms with Crippen LogP contribution in [0.2, 0.25) is 0 Å². The van der Waals surface area contributed by atoms with Crippen molar-refractivity contribution >= 4 is 17.6 Å². The van der Waals surface area contributed by atoms with Gasteiger partial charge in [-0.25, -0.2) is 27.5 Å². The number of anilines is 1. The number of ether oxygens (including phenoxy) is 2. The lowest BCUT2D eigenvalue weighted by molar-refractivity contribution is 0.0523. The number of alkyl halides is 3. The number of nitrogens with two attached hydrogens (primary N) is 1. The number of amidine groups is 1. The fraction of sp³-hybridized carbons (Fsp3) is 0.333. The number of benzene rings is 1. The first kappa shape index (κ1) is 22.8. The zero-order chi connectivity index (χ0) is 22.3. The molecular weight excluding hydrogens is 410 g/mol. The molecule has 2 rings (SSSR count). The van der Waals surface area contributed by atoms with E-state index in [1.165, 1.54) is 19.1 Å². The molecule has 4 N–H and O–H groups in total. The molecule has 0 aliphatic carbocycles. The quantitative estimate of drug-likeness (QED) is 0.320. The molecule has 0 aliphatic heterocycles. The first-order valence-electron chi connectivity index (χ1n) is 8.59. The number of halogens is 4. The van der Waals surface area contributed by atoms with Crippen LogP contribution in [0.15, 0.2) is 30.6 Å². The molecule has 1 aromatic carbocycles. The predicted molar refractivity (Wildman–Crippen MR) is 99.1 cm³/mol. The summed E-state index contributed by atoms with van der Waals surface area (Å²) in [5, 5.41) is 9.44. The molecule has 0 radical (unpaired) electrons. The van der Waals surface area contributed by atoms with Crippen LogP contribution < -0.4 is 15.8 Å². The summed E-state index contributed by atoms with van der Waals surface area (Å²) < 4.78 is 63.1. The van der Waals surface area contributed by atoms with Gasteiger partial charge < -0.3 is 20.5 Å². The molecule has 0 saturated carbocycles. The Bertz CT molecular complexity index is 885. The highest BCUT2D eigenvalue weighted by Gasteiger charge is 2.31. The molecule has 2 aromatic rings. The summed E-state index contributed by atoms with van der Waals surface area (Å²) >= 11 is 0. The highest BCUT2D eigenvalue weighted by atomic mass is 19.1. The number of nitrogens with zero attached hydrogens (tertiary/aromatic N) is 2. The van der Waals surface area contributed by atoms with Crippen molar-refractivity contribution in [3.05, 3.63) is 47.7 Å². The summed E-state index contributed by atoms with van der Waals surface area (Å²) in [6.45, 7) is -1.08. The Balaban J connectivity index is 2.17. The Morgan fingerprint density at radius 2 is 2.03 bits per heavy atom. The molecule has 3 atom stereocenters. The highest BCUT2D eigenvalue weighted by molar-refractivity contribution is 6.02. The Morgan fingerprint density at radius 3 is 2.60 bits per heavy atom. The molecule has 1 heterocycles. The molecule has 0 saturated heterocycles. The van der Waals surface area contributed by atoms with Gasteiger partial charge in [-0.1, -0.05) is 6.92 Å². The Kier molecular flexibility index (Phi) is 7.90.